The number of allylic oxidation sites excluding steroid dienone is 1. The molecule has 1 N–H and O–H groups in total. The van der Waals surface area contributed by atoms with Gasteiger partial charge in [0.1, 0.15) is 11.5 Å². The molecule has 0 unspecified atom stereocenters. The van der Waals surface area contributed by atoms with E-state index in [1.165, 1.54) is 6.21 Å². The van der Waals surface area contributed by atoms with Crippen molar-refractivity contribution in [3.63, 3.8) is 0 Å². The van der Waals surface area contributed by atoms with Crippen molar-refractivity contribution in [2.75, 3.05) is 6.61 Å². The topological polar surface area (TPSA) is 63.8 Å². The second-order valence-corrected chi connectivity index (χ2v) is 5.32. The zero-order chi connectivity index (χ0) is 16.5. The Morgan fingerprint density at radius 3 is 2.74 bits per heavy atom. The number of amides is 1. The van der Waals surface area contributed by atoms with Gasteiger partial charge in [-0.25, -0.2) is 5.43 Å². The lowest BCUT2D eigenvalue weighted by Gasteiger charge is -2.08. The molecule has 2 rings (SSSR count). The fraction of sp³-hybridized carbons (Fsp3) is 0.222. The van der Waals surface area contributed by atoms with Crippen molar-refractivity contribution in [3.8, 4) is 5.75 Å². The van der Waals surface area contributed by atoms with E-state index in [0.717, 1.165) is 11.5 Å². The highest BCUT2D eigenvalue weighted by atomic mass is 16.5. The number of nitrogens with one attached hydrogen (secondary N) is 1. The summed E-state index contributed by atoms with van der Waals surface area (Å²) in [6, 6.07) is 10.6. The van der Waals surface area contributed by atoms with E-state index in [2.05, 4.69) is 24.4 Å². The van der Waals surface area contributed by atoms with E-state index in [1.54, 1.807) is 48.7 Å². The monoisotopic (exact) mass is 312 g/mol. The molecule has 0 saturated heterocycles. The molecular formula is C18H20N2O3. The van der Waals surface area contributed by atoms with Gasteiger partial charge in [-0.15, -0.1) is 0 Å². The summed E-state index contributed by atoms with van der Waals surface area (Å²) in [7, 11) is 0. The zero-order valence-electron chi connectivity index (χ0n) is 13.2. The molecule has 0 radical (unpaired) electrons. The number of benzene rings is 1. The molecule has 1 aromatic carbocycles. The number of hydrazone groups is 1. The number of carbonyl (C=O) groups is 1. The number of furan rings is 1. The van der Waals surface area contributed by atoms with Crippen LogP contribution >= 0.6 is 0 Å². The van der Waals surface area contributed by atoms with Gasteiger partial charge in [0.25, 0.3) is 5.91 Å². The van der Waals surface area contributed by atoms with Crippen molar-refractivity contribution in [3.05, 3.63) is 60.1 Å². The lowest BCUT2D eigenvalue weighted by Crippen LogP contribution is -2.17. The smallest absolute Gasteiger partial charge is 0.271 e. The van der Waals surface area contributed by atoms with Crippen LogP contribution in [0.5, 0.6) is 5.75 Å². The number of rotatable bonds is 7. The number of hydrogen-bond acceptors (Lipinski definition) is 4. The van der Waals surface area contributed by atoms with Gasteiger partial charge in [-0.3, -0.25) is 4.79 Å². The predicted octanol–water partition coefficient (Wildman–Crippen LogP) is 3.74. The highest BCUT2D eigenvalue weighted by Gasteiger charge is 2.04. The van der Waals surface area contributed by atoms with Crippen molar-refractivity contribution in [1.29, 1.82) is 0 Å². The van der Waals surface area contributed by atoms with E-state index < -0.39 is 0 Å². The minimum atomic E-state index is -0.275. The van der Waals surface area contributed by atoms with E-state index in [9.17, 15) is 4.79 Å². The molecule has 0 aliphatic carbocycles. The second kappa shape index (κ2) is 8.58. The first-order valence-electron chi connectivity index (χ1n) is 7.41. The quantitative estimate of drug-likeness (QED) is 0.625. The average Bonchev–Trinajstić information content (AvgIpc) is 3.06. The molecule has 5 heteroatoms. The normalized spacial score (nSPS) is 11.4. The molecule has 5 nitrogen and oxygen atoms in total. The third-order valence-electron chi connectivity index (χ3n) is 2.83. The molecule has 0 atom stereocenters. The van der Waals surface area contributed by atoms with Crippen molar-refractivity contribution >= 4 is 18.2 Å². The Kier molecular flexibility index (Phi) is 6.17. The lowest BCUT2D eigenvalue weighted by atomic mass is 10.2. The van der Waals surface area contributed by atoms with Gasteiger partial charge in [0, 0.05) is 11.8 Å². The van der Waals surface area contributed by atoms with Gasteiger partial charge in [0.15, 0.2) is 0 Å². The van der Waals surface area contributed by atoms with Gasteiger partial charge in [0.05, 0.1) is 12.9 Å². The van der Waals surface area contributed by atoms with Crippen molar-refractivity contribution < 1.29 is 13.9 Å². The first kappa shape index (κ1) is 16.5. The minimum absolute atomic E-state index is 0.275. The molecule has 0 aliphatic rings. The number of hydrogen-bond donors (Lipinski definition) is 1. The summed E-state index contributed by atoms with van der Waals surface area (Å²) in [6.07, 6.45) is 6.51. The van der Waals surface area contributed by atoms with E-state index >= 15 is 0 Å². The van der Waals surface area contributed by atoms with E-state index in [4.69, 9.17) is 9.15 Å². The maximum Gasteiger partial charge on any atom is 0.271 e. The third-order valence-corrected chi connectivity index (χ3v) is 2.83. The highest BCUT2D eigenvalue weighted by Crippen LogP contribution is 2.13. The Bertz CT molecular complexity index is 656. The molecule has 2 aromatic rings. The fourth-order valence-corrected chi connectivity index (χ4v) is 1.69. The van der Waals surface area contributed by atoms with Crippen molar-refractivity contribution in [2.24, 2.45) is 11.0 Å². The summed E-state index contributed by atoms with van der Waals surface area (Å²) in [5, 5.41) is 3.84. The molecule has 1 aromatic heterocycles. The maximum absolute atomic E-state index is 11.9. The minimum Gasteiger partial charge on any atom is -0.493 e. The van der Waals surface area contributed by atoms with Crippen LogP contribution in [-0.4, -0.2) is 18.7 Å². The van der Waals surface area contributed by atoms with Gasteiger partial charge in [-0.2, -0.15) is 5.10 Å². The summed E-state index contributed by atoms with van der Waals surface area (Å²) in [5.74, 6) is 1.66. The molecule has 0 saturated carbocycles. The number of ether oxygens (including phenoxy) is 1. The van der Waals surface area contributed by atoms with Crippen LogP contribution in [0.1, 0.15) is 30.0 Å². The molecule has 0 aliphatic heterocycles. The average molecular weight is 312 g/mol. The fourth-order valence-electron chi connectivity index (χ4n) is 1.69. The van der Waals surface area contributed by atoms with Crippen molar-refractivity contribution in [1.82, 2.24) is 5.43 Å². The third kappa shape index (κ3) is 5.82. The first-order chi connectivity index (χ1) is 11.1. The van der Waals surface area contributed by atoms with Crippen LogP contribution in [0.4, 0.5) is 0 Å². The van der Waals surface area contributed by atoms with Gasteiger partial charge < -0.3 is 9.15 Å². The molecule has 23 heavy (non-hydrogen) atoms. The SMILES string of the molecule is CC(C)COc1ccc(C(=O)N/N=C\C=C\c2ccco2)cc1. The Balaban J connectivity index is 1.81. The van der Waals surface area contributed by atoms with Gasteiger partial charge in [-0.1, -0.05) is 13.8 Å². The van der Waals surface area contributed by atoms with E-state index in [-0.39, 0.29) is 5.91 Å². The van der Waals surface area contributed by atoms with Crippen LogP contribution < -0.4 is 10.2 Å². The zero-order valence-corrected chi connectivity index (χ0v) is 13.2. The lowest BCUT2D eigenvalue weighted by molar-refractivity contribution is 0.0955. The molecular weight excluding hydrogens is 292 g/mol. The highest BCUT2D eigenvalue weighted by molar-refractivity contribution is 5.94. The van der Waals surface area contributed by atoms with E-state index in [0.29, 0.717) is 18.1 Å². The van der Waals surface area contributed by atoms with E-state index in [1.807, 2.05) is 6.07 Å². The van der Waals surface area contributed by atoms with Crippen LogP contribution in [0, 0.1) is 5.92 Å². The molecule has 1 heterocycles. The molecule has 1 amide bonds. The summed E-state index contributed by atoms with van der Waals surface area (Å²) in [6.45, 7) is 4.82. The Morgan fingerprint density at radius 1 is 1.30 bits per heavy atom. The number of nitrogens with zero attached hydrogens (tertiary/aromatic N) is 1. The van der Waals surface area contributed by atoms with Gasteiger partial charge >= 0.3 is 0 Å². The Labute approximate surface area is 135 Å². The summed E-state index contributed by atoms with van der Waals surface area (Å²) >= 11 is 0. The summed E-state index contributed by atoms with van der Waals surface area (Å²) in [5.41, 5.74) is 2.98. The van der Waals surface area contributed by atoms with Crippen LogP contribution in [-0.2, 0) is 0 Å². The molecule has 120 valence electrons. The van der Waals surface area contributed by atoms with Crippen LogP contribution in [0.15, 0.2) is 58.3 Å². The maximum atomic E-state index is 11.9. The predicted molar refractivity (Wildman–Crippen MR) is 90.5 cm³/mol. The Hall–Kier alpha value is -2.82. The van der Waals surface area contributed by atoms with Crippen molar-refractivity contribution in [2.45, 2.75) is 13.8 Å². The van der Waals surface area contributed by atoms with Gasteiger partial charge in [-0.05, 0) is 54.5 Å². The second-order valence-electron chi connectivity index (χ2n) is 5.32. The molecule has 0 spiro atoms. The molecule has 0 fully saturated rings. The molecule has 0 bridgehead atoms. The number of carbonyl (C=O) groups excluding carboxylic acids is 1. The van der Waals surface area contributed by atoms with Gasteiger partial charge in [0.2, 0.25) is 0 Å². The summed E-state index contributed by atoms with van der Waals surface area (Å²) < 4.78 is 10.7. The summed E-state index contributed by atoms with van der Waals surface area (Å²) in [4.78, 5) is 11.9. The largest absolute Gasteiger partial charge is 0.493 e. The van der Waals surface area contributed by atoms with Crippen LogP contribution in [0.25, 0.3) is 6.08 Å². The Morgan fingerprint density at radius 2 is 2.09 bits per heavy atom. The first-order valence-corrected chi connectivity index (χ1v) is 7.41. The van der Waals surface area contributed by atoms with Crippen LogP contribution in [0.3, 0.4) is 0 Å². The standard InChI is InChI=1S/C18H20N2O3/c1-14(2)13-23-17-9-7-15(8-10-17)18(21)20-19-11-3-5-16-6-4-12-22-16/h3-12,14H,13H2,1-2H3,(H,20,21)/b5-3+,19-11-. The van der Waals surface area contributed by atoms with Crippen LogP contribution in [0.2, 0.25) is 0 Å².